The molecule has 3 heterocycles. The van der Waals surface area contributed by atoms with Crippen LogP contribution in [0.5, 0.6) is 5.88 Å². The number of carbonyl (C=O) groups is 1. The highest BCUT2D eigenvalue weighted by Gasteiger charge is 2.24. The lowest BCUT2D eigenvalue weighted by Crippen LogP contribution is -2.46. The van der Waals surface area contributed by atoms with Gasteiger partial charge >= 0.3 is 6.03 Å². The first-order valence-corrected chi connectivity index (χ1v) is 8.17. The van der Waals surface area contributed by atoms with Gasteiger partial charge in [0.25, 0.3) is 0 Å². The number of likely N-dealkylation sites (tertiary alicyclic amines) is 1. The number of thiophene rings is 1. The van der Waals surface area contributed by atoms with E-state index in [1.54, 1.807) is 29.9 Å². The van der Waals surface area contributed by atoms with Crippen molar-refractivity contribution >= 4 is 17.4 Å². The number of piperidine rings is 1. The Labute approximate surface area is 133 Å². The molecule has 1 fully saturated rings. The van der Waals surface area contributed by atoms with E-state index < -0.39 is 0 Å². The number of nitrogens with zero attached hydrogens (tertiary/aromatic N) is 3. The summed E-state index contributed by atoms with van der Waals surface area (Å²) in [5, 5.41) is 4.96. The average Bonchev–Trinajstić information content (AvgIpc) is 3.08. The molecule has 2 aromatic rings. The molecule has 2 amide bonds. The van der Waals surface area contributed by atoms with Crippen molar-refractivity contribution in [3.8, 4) is 5.88 Å². The van der Waals surface area contributed by atoms with Gasteiger partial charge in [0.05, 0.1) is 12.7 Å². The summed E-state index contributed by atoms with van der Waals surface area (Å²) in [6.45, 7) is 1.98. The Morgan fingerprint density at radius 2 is 2.27 bits per heavy atom. The molecule has 0 atom stereocenters. The van der Waals surface area contributed by atoms with Gasteiger partial charge in [-0.05, 0) is 11.4 Å². The van der Waals surface area contributed by atoms with E-state index in [9.17, 15) is 4.79 Å². The van der Waals surface area contributed by atoms with Crippen molar-refractivity contribution in [2.75, 3.05) is 13.1 Å². The molecule has 0 unspecified atom stereocenters. The van der Waals surface area contributed by atoms with Gasteiger partial charge in [0.1, 0.15) is 6.10 Å². The lowest BCUT2D eigenvalue weighted by molar-refractivity contribution is 0.107. The Bertz CT molecular complexity index is 583. The average molecular weight is 318 g/mol. The van der Waals surface area contributed by atoms with Crippen LogP contribution in [0, 0.1) is 0 Å². The first-order chi connectivity index (χ1) is 10.8. The summed E-state index contributed by atoms with van der Waals surface area (Å²) in [6.07, 6.45) is 6.56. The SMILES string of the molecule is O=C(NCc1cccs1)N1CCC(Oc2cnccn2)CC1. The molecular formula is C15H18N4O2S. The van der Waals surface area contributed by atoms with Crippen molar-refractivity contribution in [2.45, 2.75) is 25.5 Å². The largest absolute Gasteiger partial charge is 0.473 e. The lowest BCUT2D eigenvalue weighted by Gasteiger charge is -2.31. The number of urea groups is 1. The Morgan fingerprint density at radius 1 is 1.41 bits per heavy atom. The van der Waals surface area contributed by atoms with Gasteiger partial charge in [0.15, 0.2) is 0 Å². The van der Waals surface area contributed by atoms with Crippen molar-refractivity contribution in [3.05, 3.63) is 41.0 Å². The van der Waals surface area contributed by atoms with Gasteiger partial charge in [-0.1, -0.05) is 6.07 Å². The molecule has 0 aromatic carbocycles. The number of ether oxygens (including phenoxy) is 1. The van der Waals surface area contributed by atoms with E-state index in [-0.39, 0.29) is 12.1 Å². The predicted octanol–water partition coefficient (Wildman–Crippen LogP) is 2.29. The van der Waals surface area contributed by atoms with Gasteiger partial charge in [-0.2, -0.15) is 0 Å². The van der Waals surface area contributed by atoms with Crippen LogP contribution in [-0.2, 0) is 6.54 Å². The molecule has 22 heavy (non-hydrogen) atoms. The molecule has 116 valence electrons. The zero-order valence-electron chi connectivity index (χ0n) is 12.1. The molecule has 0 bridgehead atoms. The van der Waals surface area contributed by atoms with E-state index in [4.69, 9.17) is 4.74 Å². The Hall–Kier alpha value is -2.15. The normalized spacial score (nSPS) is 15.5. The van der Waals surface area contributed by atoms with Crippen LogP contribution in [-0.4, -0.2) is 40.1 Å². The molecule has 0 saturated carbocycles. The van der Waals surface area contributed by atoms with E-state index in [1.807, 2.05) is 22.4 Å². The van der Waals surface area contributed by atoms with Crippen molar-refractivity contribution < 1.29 is 9.53 Å². The summed E-state index contributed by atoms with van der Waals surface area (Å²) in [5.41, 5.74) is 0. The predicted molar refractivity (Wildman–Crippen MR) is 83.8 cm³/mol. The molecule has 0 aliphatic carbocycles. The van der Waals surface area contributed by atoms with E-state index in [0.29, 0.717) is 25.5 Å². The zero-order valence-corrected chi connectivity index (χ0v) is 13.0. The number of carbonyl (C=O) groups excluding carboxylic acids is 1. The van der Waals surface area contributed by atoms with E-state index in [0.717, 1.165) is 17.7 Å². The highest BCUT2D eigenvalue weighted by molar-refractivity contribution is 7.09. The van der Waals surface area contributed by atoms with Crippen LogP contribution in [0.4, 0.5) is 4.79 Å². The van der Waals surface area contributed by atoms with E-state index >= 15 is 0 Å². The summed E-state index contributed by atoms with van der Waals surface area (Å²) in [5.74, 6) is 0.545. The third-order valence-electron chi connectivity index (χ3n) is 3.55. The fourth-order valence-corrected chi connectivity index (χ4v) is 3.03. The molecule has 2 aromatic heterocycles. The number of amides is 2. The van der Waals surface area contributed by atoms with Crippen LogP contribution in [0.25, 0.3) is 0 Å². The van der Waals surface area contributed by atoms with E-state index in [2.05, 4.69) is 15.3 Å². The molecule has 1 aliphatic rings. The highest BCUT2D eigenvalue weighted by Crippen LogP contribution is 2.16. The number of hydrogen-bond donors (Lipinski definition) is 1. The number of hydrogen-bond acceptors (Lipinski definition) is 5. The number of aromatic nitrogens is 2. The van der Waals surface area contributed by atoms with Crippen molar-refractivity contribution in [1.82, 2.24) is 20.2 Å². The second-order valence-corrected chi connectivity index (χ2v) is 6.12. The third kappa shape index (κ3) is 3.94. The third-order valence-corrected chi connectivity index (χ3v) is 4.43. The van der Waals surface area contributed by atoms with Crippen LogP contribution in [0.2, 0.25) is 0 Å². The van der Waals surface area contributed by atoms with Crippen LogP contribution in [0.3, 0.4) is 0 Å². The molecule has 3 rings (SSSR count). The van der Waals surface area contributed by atoms with Crippen LogP contribution in [0.1, 0.15) is 17.7 Å². The van der Waals surface area contributed by atoms with Crippen molar-refractivity contribution in [3.63, 3.8) is 0 Å². The number of rotatable bonds is 4. The quantitative estimate of drug-likeness (QED) is 0.939. The smallest absolute Gasteiger partial charge is 0.317 e. The topological polar surface area (TPSA) is 67.4 Å². The molecule has 6 nitrogen and oxygen atoms in total. The summed E-state index contributed by atoms with van der Waals surface area (Å²) in [4.78, 5) is 23.2. The van der Waals surface area contributed by atoms with Crippen LogP contribution >= 0.6 is 11.3 Å². The minimum atomic E-state index is -0.00801. The first-order valence-electron chi connectivity index (χ1n) is 7.29. The molecule has 0 radical (unpaired) electrons. The van der Waals surface area contributed by atoms with Crippen LogP contribution < -0.4 is 10.1 Å². The van der Waals surface area contributed by atoms with Gasteiger partial charge in [0.2, 0.25) is 5.88 Å². The maximum atomic E-state index is 12.1. The monoisotopic (exact) mass is 318 g/mol. The molecule has 0 spiro atoms. The number of nitrogens with one attached hydrogen (secondary N) is 1. The van der Waals surface area contributed by atoms with Gasteiger partial charge < -0.3 is 15.0 Å². The summed E-state index contributed by atoms with van der Waals surface area (Å²) >= 11 is 1.65. The summed E-state index contributed by atoms with van der Waals surface area (Å²) in [6, 6.07) is 4.00. The van der Waals surface area contributed by atoms with Gasteiger partial charge in [0, 0.05) is 43.2 Å². The zero-order chi connectivity index (χ0) is 15.2. The van der Waals surface area contributed by atoms with Crippen LogP contribution in [0.15, 0.2) is 36.1 Å². The first kappa shape index (κ1) is 14.8. The molecular weight excluding hydrogens is 300 g/mol. The van der Waals surface area contributed by atoms with Gasteiger partial charge in [-0.3, -0.25) is 4.98 Å². The second-order valence-electron chi connectivity index (χ2n) is 5.09. The van der Waals surface area contributed by atoms with E-state index in [1.165, 1.54) is 0 Å². The lowest BCUT2D eigenvalue weighted by atomic mass is 10.1. The maximum Gasteiger partial charge on any atom is 0.317 e. The fourth-order valence-electron chi connectivity index (χ4n) is 2.38. The molecule has 1 N–H and O–H groups in total. The minimum absolute atomic E-state index is 0.00801. The summed E-state index contributed by atoms with van der Waals surface area (Å²) in [7, 11) is 0. The molecule has 1 saturated heterocycles. The molecule has 1 aliphatic heterocycles. The van der Waals surface area contributed by atoms with Crippen molar-refractivity contribution in [1.29, 1.82) is 0 Å². The maximum absolute atomic E-state index is 12.1. The Balaban J connectivity index is 1.42. The highest BCUT2D eigenvalue weighted by atomic mass is 32.1. The second kappa shape index (κ2) is 7.22. The van der Waals surface area contributed by atoms with Crippen molar-refractivity contribution in [2.24, 2.45) is 0 Å². The molecule has 7 heteroatoms. The Kier molecular flexibility index (Phi) is 4.85. The minimum Gasteiger partial charge on any atom is -0.473 e. The van der Waals surface area contributed by atoms with Gasteiger partial charge in [-0.15, -0.1) is 11.3 Å². The fraction of sp³-hybridized carbons (Fsp3) is 0.400. The standard InChI is InChI=1S/C15H18N4O2S/c20-15(18-10-13-2-1-9-22-13)19-7-3-12(4-8-19)21-14-11-16-5-6-17-14/h1-2,5-6,9,11-12H,3-4,7-8,10H2,(H,18,20). The van der Waals surface area contributed by atoms with Gasteiger partial charge in [-0.25, -0.2) is 9.78 Å². The Morgan fingerprint density at radius 3 is 2.95 bits per heavy atom. The summed E-state index contributed by atoms with van der Waals surface area (Å²) < 4.78 is 5.77.